The number of ether oxygens (including phenoxy) is 3. The number of carbonyl (C=O) groups is 1. The zero-order valence-corrected chi connectivity index (χ0v) is 23.2. The highest BCUT2D eigenvalue weighted by Gasteiger charge is 2.20. The van der Waals surface area contributed by atoms with Gasteiger partial charge in [0, 0.05) is 48.8 Å². The zero-order chi connectivity index (χ0) is 28.1. The number of fused-ring (bicyclic) bond motifs is 2. The molecule has 0 aliphatic carbocycles. The van der Waals surface area contributed by atoms with Crippen LogP contribution in [-0.2, 0) is 17.9 Å². The van der Waals surface area contributed by atoms with Gasteiger partial charge in [0.25, 0.3) is 5.56 Å². The fraction of sp³-hybridized carbons (Fsp3) is 0.419. The van der Waals surface area contributed by atoms with Crippen molar-refractivity contribution in [2.45, 2.75) is 45.3 Å². The van der Waals surface area contributed by atoms with E-state index in [0.29, 0.717) is 43.5 Å². The number of carboxylic acid groups (broad SMARTS) is 1. The number of carboxylic acids is 1. The first kappa shape index (κ1) is 27.7. The number of likely N-dealkylation sites (tertiary alicyclic amines) is 1. The Morgan fingerprint density at radius 2 is 1.85 bits per heavy atom. The molecule has 2 N–H and O–H groups in total. The van der Waals surface area contributed by atoms with Crippen LogP contribution in [-0.4, -0.2) is 66.5 Å². The van der Waals surface area contributed by atoms with E-state index in [1.54, 1.807) is 30.7 Å². The molecule has 0 saturated carbocycles. The molecule has 1 aromatic heterocycles. The predicted molar refractivity (Wildman–Crippen MR) is 154 cm³/mol. The largest absolute Gasteiger partial charge is 0.497 e. The number of piperidine rings is 1. The highest BCUT2D eigenvalue weighted by Crippen LogP contribution is 2.31. The first-order valence-electron chi connectivity index (χ1n) is 13.9. The molecule has 0 bridgehead atoms. The van der Waals surface area contributed by atoms with Gasteiger partial charge in [-0.2, -0.15) is 0 Å². The van der Waals surface area contributed by atoms with Gasteiger partial charge < -0.3 is 34.1 Å². The molecule has 5 rings (SSSR count). The molecule has 2 aliphatic rings. The number of aliphatic carboxylic acids is 1. The monoisotopic (exact) mass is 547 g/mol. The molecule has 9 heteroatoms. The number of hydrogen-bond acceptors (Lipinski definition) is 7. The standard InChI is InChI=1S/C31H37N3O6/c1-3-22(31(36)37)17-23-18-30(35)34(27-19-25(38-2)5-6-26(23)27)13-12-33-10-8-24(9-11-33)32-20-21-4-7-28-29(16-21)40-15-14-39-28/h4-7,16-19,24,32H,3,8-15,20H2,1-2H3,(H,36,37). The molecular weight excluding hydrogens is 510 g/mol. The van der Waals surface area contributed by atoms with Crippen LogP contribution in [0.5, 0.6) is 17.2 Å². The molecule has 2 aliphatic heterocycles. The molecule has 0 radical (unpaired) electrons. The average Bonchev–Trinajstić information content (AvgIpc) is 2.98. The summed E-state index contributed by atoms with van der Waals surface area (Å²) in [6, 6.07) is 13.7. The van der Waals surface area contributed by atoms with Crippen LogP contribution in [0.1, 0.15) is 37.3 Å². The number of aromatic nitrogens is 1. The molecule has 1 fully saturated rings. The third-order valence-electron chi connectivity index (χ3n) is 7.77. The average molecular weight is 548 g/mol. The Balaban J connectivity index is 1.22. The van der Waals surface area contributed by atoms with Crippen LogP contribution >= 0.6 is 0 Å². The first-order chi connectivity index (χ1) is 19.4. The van der Waals surface area contributed by atoms with E-state index < -0.39 is 5.97 Å². The van der Waals surface area contributed by atoms with Crippen LogP contribution < -0.4 is 25.1 Å². The van der Waals surface area contributed by atoms with Crippen molar-refractivity contribution >= 4 is 22.9 Å². The minimum atomic E-state index is -0.975. The summed E-state index contributed by atoms with van der Waals surface area (Å²) in [6.07, 6.45) is 4.04. The van der Waals surface area contributed by atoms with E-state index in [2.05, 4.69) is 22.3 Å². The molecular formula is C31H37N3O6. The molecule has 40 heavy (non-hydrogen) atoms. The number of nitrogens with zero attached hydrogens (tertiary/aromatic N) is 2. The normalized spacial score (nSPS) is 16.3. The smallest absolute Gasteiger partial charge is 0.331 e. The van der Waals surface area contributed by atoms with Crippen molar-refractivity contribution in [3.63, 3.8) is 0 Å². The molecule has 9 nitrogen and oxygen atoms in total. The Bertz CT molecular complexity index is 1460. The van der Waals surface area contributed by atoms with E-state index in [4.69, 9.17) is 14.2 Å². The van der Waals surface area contributed by atoms with E-state index in [1.807, 2.05) is 24.3 Å². The lowest BCUT2D eigenvalue weighted by Crippen LogP contribution is -2.43. The predicted octanol–water partition coefficient (Wildman–Crippen LogP) is 3.91. The summed E-state index contributed by atoms with van der Waals surface area (Å²) in [6.45, 7) is 6.96. The maximum absolute atomic E-state index is 13.2. The molecule has 3 heterocycles. The second kappa shape index (κ2) is 12.6. The van der Waals surface area contributed by atoms with Gasteiger partial charge in [-0.05, 0) is 73.8 Å². The Labute approximate surface area is 234 Å². The topological polar surface area (TPSA) is 102 Å². The molecule has 212 valence electrons. The number of methoxy groups -OCH3 is 1. The molecule has 1 saturated heterocycles. The van der Waals surface area contributed by atoms with Gasteiger partial charge in [-0.3, -0.25) is 4.79 Å². The summed E-state index contributed by atoms with van der Waals surface area (Å²) in [5.74, 6) is 1.31. The minimum Gasteiger partial charge on any atom is -0.497 e. The molecule has 2 aromatic carbocycles. The van der Waals surface area contributed by atoms with Crippen molar-refractivity contribution in [1.29, 1.82) is 0 Å². The molecule has 3 aromatic rings. The Hall–Kier alpha value is -3.82. The lowest BCUT2D eigenvalue weighted by atomic mass is 10.0. The third kappa shape index (κ3) is 6.32. The lowest BCUT2D eigenvalue weighted by Gasteiger charge is -2.32. The minimum absolute atomic E-state index is 0.149. The van der Waals surface area contributed by atoms with E-state index in [-0.39, 0.29) is 11.1 Å². The van der Waals surface area contributed by atoms with E-state index in [0.717, 1.165) is 61.4 Å². The number of benzene rings is 2. The Morgan fingerprint density at radius 3 is 2.58 bits per heavy atom. The summed E-state index contributed by atoms with van der Waals surface area (Å²) in [5, 5.41) is 14.0. The molecule has 0 spiro atoms. The van der Waals surface area contributed by atoms with Crippen LogP contribution in [0, 0.1) is 0 Å². The van der Waals surface area contributed by atoms with Crippen molar-refractivity contribution in [2.75, 3.05) is 40.0 Å². The van der Waals surface area contributed by atoms with Crippen molar-refractivity contribution in [2.24, 2.45) is 0 Å². The highest BCUT2D eigenvalue weighted by molar-refractivity contribution is 5.97. The van der Waals surface area contributed by atoms with Gasteiger partial charge in [-0.25, -0.2) is 4.79 Å². The summed E-state index contributed by atoms with van der Waals surface area (Å²) >= 11 is 0. The van der Waals surface area contributed by atoms with Gasteiger partial charge in [-0.1, -0.05) is 13.0 Å². The Kier molecular flexibility index (Phi) is 8.72. The maximum Gasteiger partial charge on any atom is 0.331 e. The summed E-state index contributed by atoms with van der Waals surface area (Å²) in [7, 11) is 1.60. The van der Waals surface area contributed by atoms with E-state index in [9.17, 15) is 14.7 Å². The molecule has 0 atom stereocenters. The van der Waals surface area contributed by atoms with E-state index in [1.165, 1.54) is 5.56 Å². The number of nitrogens with one attached hydrogen (secondary N) is 1. The third-order valence-corrected chi connectivity index (χ3v) is 7.77. The van der Waals surface area contributed by atoms with Gasteiger partial charge in [0.15, 0.2) is 11.5 Å². The van der Waals surface area contributed by atoms with Crippen LogP contribution in [0.2, 0.25) is 0 Å². The maximum atomic E-state index is 13.2. The quantitative estimate of drug-likeness (QED) is 0.369. The van der Waals surface area contributed by atoms with Crippen LogP contribution in [0.15, 0.2) is 52.8 Å². The fourth-order valence-electron chi connectivity index (χ4n) is 5.43. The number of hydrogen-bond donors (Lipinski definition) is 2. The van der Waals surface area contributed by atoms with Gasteiger partial charge in [0.05, 0.1) is 12.6 Å². The number of rotatable bonds is 10. The summed E-state index contributed by atoms with van der Waals surface area (Å²) in [5.41, 5.74) is 2.66. The van der Waals surface area contributed by atoms with Crippen LogP contribution in [0.3, 0.4) is 0 Å². The van der Waals surface area contributed by atoms with Crippen LogP contribution in [0.25, 0.3) is 17.0 Å². The SMILES string of the molecule is CCC(=Cc1cc(=O)n(CCN2CCC(NCc3ccc4c(c3)OCCO4)CC2)c2cc(OC)ccc12)C(=O)O. The molecule has 0 unspecified atom stereocenters. The highest BCUT2D eigenvalue weighted by atomic mass is 16.6. The first-order valence-corrected chi connectivity index (χ1v) is 13.9. The summed E-state index contributed by atoms with van der Waals surface area (Å²) in [4.78, 5) is 27.2. The van der Waals surface area contributed by atoms with Gasteiger partial charge in [0.1, 0.15) is 19.0 Å². The van der Waals surface area contributed by atoms with Gasteiger partial charge in [0.2, 0.25) is 0 Å². The van der Waals surface area contributed by atoms with Crippen molar-refractivity contribution < 1.29 is 24.1 Å². The molecule has 0 amide bonds. The van der Waals surface area contributed by atoms with Crippen molar-refractivity contribution in [3.05, 3.63) is 69.5 Å². The van der Waals surface area contributed by atoms with Crippen LogP contribution in [0.4, 0.5) is 0 Å². The zero-order valence-electron chi connectivity index (χ0n) is 23.2. The Morgan fingerprint density at radius 1 is 1.07 bits per heavy atom. The number of pyridine rings is 1. The van der Waals surface area contributed by atoms with Gasteiger partial charge in [-0.15, -0.1) is 0 Å². The van der Waals surface area contributed by atoms with Gasteiger partial charge >= 0.3 is 5.97 Å². The second-order valence-corrected chi connectivity index (χ2v) is 10.3. The lowest BCUT2D eigenvalue weighted by molar-refractivity contribution is -0.132. The summed E-state index contributed by atoms with van der Waals surface area (Å²) < 4.78 is 18.5. The second-order valence-electron chi connectivity index (χ2n) is 10.3. The van der Waals surface area contributed by atoms with Crippen molar-refractivity contribution in [1.82, 2.24) is 14.8 Å². The fourth-order valence-corrected chi connectivity index (χ4v) is 5.43. The van der Waals surface area contributed by atoms with E-state index >= 15 is 0 Å². The van der Waals surface area contributed by atoms with Crippen molar-refractivity contribution in [3.8, 4) is 17.2 Å².